The number of allylic oxidation sites excluding steroid dienone is 9. The lowest BCUT2D eigenvalue weighted by atomic mass is 9.26. The van der Waals surface area contributed by atoms with Gasteiger partial charge in [0.2, 0.25) is 0 Å². The van der Waals surface area contributed by atoms with E-state index in [-0.39, 0.29) is 39.9 Å². The fraction of sp³-hybridized carbons (Fsp3) is 0.545. The number of carbonyl (C=O) groups is 1. The van der Waals surface area contributed by atoms with Gasteiger partial charge in [-0.2, -0.15) is 0 Å². The normalized spacial score (nSPS) is 40.2. The van der Waals surface area contributed by atoms with Crippen LogP contribution >= 0.6 is 0 Å². The van der Waals surface area contributed by atoms with Crippen molar-refractivity contribution in [3.05, 3.63) is 170 Å². The van der Waals surface area contributed by atoms with Gasteiger partial charge in [0, 0.05) is 52.0 Å². The quantitative estimate of drug-likeness (QED) is 0.125. The van der Waals surface area contributed by atoms with Crippen molar-refractivity contribution in [3.8, 4) is 0 Å². The highest BCUT2D eigenvalue weighted by atomic mass is 16.4. The van der Waals surface area contributed by atoms with Crippen LogP contribution in [-0.4, -0.2) is 46.6 Å². The average Bonchev–Trinajstić information content (AvgIpc) is 2.03. The molecule has 6 heterocycles. The van der Waals surface area contributed by atoms with Crippen LogP contribution in [-0.2, 0) is 11.2 Å². The Kier molecular flexibility index (Phi) is 13.1. The summed E-state index contributed by atoms with van der Waals surface area (Å²) < 4.78 is 0. The fourth-order valence-corrected chi connectivity index (χ4v) is 23.1. The van der Waals surface area contributed by atoms with Gasteiger partial charge in [-0.05, 0) is 186 Å². The van der Waals surface area contributed by atoms with Gasteiger partial charge in [0.25, 0.3) is 0 Å². The number of aliphatic carboxylic acids is 1. The molecular formula is C77H92N2O4. The van der Waals surface area contributed by atoms with E-state index >= 15 is 0 Å². The van der Waals surface area contributed by atoms with E-state index in [1.807, 2.05) is 0 Å². The third-order valence-corrected chi connectivity index (χ3v) is 26.2. The molecule has 0 amide bonds. The van der Waals surface area contributed by atoms with Gasteiger partial charge in [0.15, 0.2) is 0 Å². The zero-order valence-electron chi connectivity index (χ0n) is 50.0. The van der Waals surface area contributed by atoms with Crippen molar-refractivity contribution < 1.29 is 20.1 Å². The van der Waals surface area contributed by atoms with E-state index in [4.69, 9.17) is 6.58 Å². The Morgan fingerprint density at radius 3 is 2.46 bits per heavy atom. The average molecular weight is 1110 g/mol. The van der Waals surface area contributed by atoms with Crippen LogP contribution in [0.15, 0.2) is 138 Å². The number of dihydropyridines is 1. The van der Waals surface area contributed by atoms with E-state index in [0.717, 1.165) is 102 Å². The van der Waals surface area contributed by atoms with Crippen molar-refractivity contribution in [2.75, 3.05) is 13.1 Å². The lowest BCUT2D eigenvalue weighted by Crippen LogP contribution is -2.71. The molecule has 0 unspecified atom stereocenters. The molecule has 6 heteroatoms. The van der Waals surface area contributed by atoms with Gasteiger partial charge in [0.05, 0.1) is 23.9 Å². The molecule has 5 N–H and O–H groups in total. The van der Waals surface area contributed by atoms with Crippen LogP contribution in [0.3, 0.4) is 0 Å². The molecule has 4 fully saturated rings. The van der Waals surface area contributed by atoms with E-state index in [0.29, 0.717) is 31.1 Å². The second-order valence-electron chi connectivity index (χ2n) is 29.6. The van der Waals surface area contributed by atoms with E-state index in [9.17, 15) is 20.1 Å². The summed E-state index contributed by atoms with van der Waals surface area (Å²) in [6, 6.07) is 27.8. The number of fused-ring (bicyclic) bond motifs is 3. The Morgan fingerprint density at radius 2 is 1.65 bits per heavy atom. The van der Waals surface area contributed by atoms with Crippen molar-refractivity contribution in [2.45, 2.75) is 168 Å². The number of aliphatic hydroxyl groups is 2. The monoisotopic (exact) mass is 1110 g/mol. The fourth-order valence-electron chi connectivity index (χ4n) is 23.1. The van der Waals surface area contributed by atoms with Gasteiger partial charge in [-0.15, -0.1) is 0 Å². The summed E-state index contributed by atoms with van der Waals surface area (Å²) in [6.45, 7) is 14.0. The number of benzene rings is 3. The molecule has 10 aliphatic carbocycles. The highest BCUT2D eigenvalue weighted by Crippen LogP contribution is 2.87. The molecule has 0 saturated heterocycles. The Labute approximate surface area is 494 Å². The van der Waals surface area contributed by atoms with Crippen LogP contribution in [0, 0.1) is 79.8 Å². The molecule has 0 aromatic heterocycles. The standard InChI is InChI=1S/C77H92N2O4/c1-5-6-14-34-75-43-54-23-11-10-21-52(54)39-57(75)41-56-42-64-65-45-74-33-17-32-72(3)67(81)31-35-76(64,71(72)74)63-40-53-22-12-13-25-59(53)61(62(63)44-74)38-49-18-15-24-51(37-49)55-28-30-68(79-47-55)78-36-16-26-58(50-19-8-7-9-20-50)48(2)27-29-60(70(82)83)69-66(80)46-77(65,75)73(56,69)4/h10-13,15,17-18,21-25,28,30,33,37,39-40,43-44,50,56-58,60,63,66-67,69,71,78-81H,2,5-9,14,16,19-20,26-27,29,31-32,34-36,38,41-42,45-47H2,1,3-4H3,(H,82,83)/t56-,57-,58+,60+,63-,66+,67-,69-,71+,72+,73+,74+,75+,76-,77+/m0/s1. The van der Waals surface area contributed by atoms with Gasteiger partial charge in [-0.3, -0.25) is 4.79 Å². The second kappa shape index (κ2) is 20.1. The van der Waals surface area contributed by atoms with Gasteiger partial charge >= 0.3 is 5.97 Å². The number of hydrogen-bond donors (Lipinski definition) is 5. The molecule has 0 radical (unpaired) electrons. The zero-order valence-corrected chi connectivity index (χ0v) is 50.0. The first-order valence-electron chi connectivity index (χ1n) is 33.3. The Hall–Kier alpha value is -5.43. The number of carboxylic acids is 1. The van der Waals surface area contributed by atoms with Gasteiger partial charge in [-0.25, -0.2) is 0 Å². The summed E-state index contributed by atoms with van der Waals surface area (Å²) in [5.41, 5.74) is 8.85. The minimum Gasteiger partial charge on any atom is -0.481 e. The van der Waals surface area contributed by atoms with Crippen molar-refractivity contribution in [1.82, 2.24) is 10.6 Å². The Bertz CT molecular complexity index is 3610. The highest BCUT2D eigenvalue weighted by Gasteiger charge is 2.81. The van der Waals surface area contributed by atoms with Crippen molar-refractivity contribution in [1.29, 1.82) is 0 Å². The summed E-state index contributed by atoms with van der Waals surface area (Å²) in [7, 11) is 0. The molecule has 16 aliphatic rings. The van der Waals surface area contributed by atoms with Gasteiger partial charge in [-0.1, -0.05) is 198 Å². The molecule has 4 saturated carbocycles. The summed E-state index contributed by atoms with van der Waals surface area (Å²) >= 11 is 0. The molecule has 83 heavy (non-hydrogen) atoms. The molecule has 3 aromatic rings. The first-order chi connectivity index (χ1) is 40.3. The Morgan fingerprint density at radius 1 is 0.831 bits per heavy atom. The van der Waals surface area contributed by atoms with Gasteiger partial charge < -0.3 is 26.0 Å². The first kappa shape index (κ1) is 54.2. The van der Waals surface area contributed by atoms with E-state index in [2.05, 4.69) is 153 Å². The lowest BCUT2D eigenvalue weighted by molar-refractivity contribution is -0.188. The number of nitrogens with one attached hydrogen (secondary N) is 2. The lowest BCUT2D eigenvalue weighted by Gasteiger charge is -2.77. The minimum atomic E-state index is -0.782. The molecule has 19 rings (SSSR count). The zero-order chi connectivity index (χ0) is 56.7. The van der Waals surface area contributed by atoms with E-state index in [1.54, 1.807) is 11.1 Å². The molecule has 15 atom stereocenters. The molecule has 434 valence electrons. The number of aliphatic hydroxyl groups excluding tert-OH is 2. The maximum absolute atomic E-state index is 14.8. The van der Waals surface area contributed by atoms with Crippen LogP contribution in [0.4, 0.5) is 0 Å². The summed E-state index contributed by atoms with van der Waals surface area (Å²) in [4.78, 5) is 14.8. The van der Waals surface area contributed by atoms with E-state index in [1.165, 1.54) is 86.4 Å². The molecule has 3 aromatic carbocycles. The van der Waals surface area contributed by atoms with E-state index < -0.39 is 46.3 Å². The SMILES string of the molecule is C=C1CC[C@@H](C(=O)O)[C@H]2[C@H](O)C[C@]34C5=C(C[C@H](C[C@@H]6C=c7ccccc7=C[C@]63CCCCC)[C@]24C)[C@]23CC[C@H](O)[C@@]4(C)CC=C[C@@](C=C6C(=c7ccccc7=C[C@@H]62)Cc2cccc(c2)C2=CC=C(NCCC[C@H]1C1CCCCC1)NC2)(C5)[C@@H]43. The molecular weight excluding hydrogens is 1020 g/mol. The predicted molar refractivity (Wildman–Crippen MR) is 335 cm³/mol. The van der Waals surface area contributed by atoms with Crippen molar-refractivity contribution >= 4 is 35.3 Å². The highest BCUT2D eigenvalue weighted by molar-refractivity contribution is 5.78. The van der Waals surface area contributed by atoms with Crippen LogP contribution in [0.5, 0.6) is 0 Å². The smallest absolute Gasteiger partial charge is 0.306 e. The summed E-state index contributed by atoms with van der Waals surface area (Å²) in [5, 5.41) is 51.6. The number of rotatable bonds is 6. The second-order valence-corrected chi connectivity index (χ2v) is 29.6. The third kappa shape index (κ3) is 7.74. The number of carboxylic acid groups (broad SMARTS) is 1. The van der Waals surface area contributed by atoms with Crippen LogP contribution in [0.25, 0.3) is 29.4 Å². The first-order valence-corrected chi connectivity index (χ1v) is 33.3. The van der Waals surface area contributed by atoms with Gasteiger partial charge in [0.1, 0.15) is 0 Å². The Balaban J connectivity index is 0.987. The van der Waals surface area contributed by atoms with Crippen LogP contribution in [0.1, 0.15) is 160 Å². The third-order valence-electron chi connectivity index (χ3n) is 26.2. The van der Waals surface area contributed by atoms with Crippen molar-refractivity contribution in [3.63, 3.8) is 0 Å². The largest absolute Gasteiger partial charge is 0.481 e. The minimum absolute atomic E-state index is 0.0881. The molecule has 6 nitrogen and oxygen atoms in total. The molecule has 6 aliphatic heterocycles. The maximum Gasteiger partial charge on any atom is 0.306 e. The maximum atomic E-state index is 14.8. The van der Waals surface area contributed by atoms with Crippen LogP contribution in [0.2, 0.25) is 0 Å². The van der Waals surface area contributed by atoms with Crippen molar-refractivity contribution in [2.24, 2.45) is 79.8 Å². The number of hydrogen-bond acceptors (Lipinski definition) is 5. The topological polar surface area (TPSA) is 102 Å². The predicted octanol–water partition coefficient (Wildman–Crippen LogP) is 12.5. The molecule has 15 bridgehead atoms. The summed E-state index contributed by atoms with van der Waals surface area (Å²) in [6.07, 6.45) is 40.0. The number of unbranched alkanes of at least 4 members (excludes halogenated alkanes) is 2. The van der Waals surface area contributed by atoms with Crippen LogP contribution < -0.4 is 31.5 Å². The molecule has 2 spiro atoms. The summed E-state index contributed by atoms with van der Waals surface area (Å²) in [5.74, 6) is 0.782.